The van der Waals surface area contributed by atoms with Gasteiger partial charge in [-0.05, 0) is 142 Å². The third-order valence-corrected chi connectivity index (χ3v) is 14.4. The summed E-state index contributed by atoms with van der Waals surface area (Å²) in [5.41, 5.74) is 17.3. The molecule has 0 unspecified atom stereocenters. The summed E-state index contributed by atoms with van der Waals surface area (Å²) in [6.07, 6.45) is 6.44. The van der Waals surface area contributed by atoms with Gasteiger partial charge >= 0.3 is 0 Å². The molecule has 2 aromatic heterocycles. The van der Waals surface area contributed by atoms with Gasteiger partial charge in [-0.3, -0.25) is 0 Å². The normalized spacial score (nSPS) is 13.3. The molecule has 2 heterocycles. The fourth-order valence-electron chi connectivity index (χ4n) is 11.2. The van der Waals surface area contributed by atoms with Crippen LogP contribution in [0.25, 0.3) is 93.6 Å². The number of hydrogen-bond donors (Lipinski definition) is 0. The zero-order chi connectivity index (χ0) is 44.3. The lowest BCUT2D eigenvalue weighted by atomic mass is 9.80. The minimum absolute atomic E-state index is 0.573. The molecule has 0 N–H and O–H groups in total. The average Bonchev–Trinajstić information content (AvgIpc) is 3.94. The Morgan fingerprint density at radius 1 is 0.403 bits per heavy atom. The molecule has 0 spiro atoms. The Kier molecular flexibility index (Phi) is 9.60. The van der Waals surface area contributed by atoms with Crippen molar-refractivity contribution in [2.75, 3.05) is 4.90 Å². The Labute approximate surface area is 390 Å². The standard InChI is InChI=1S/C64H48N2O/c1-3-16-44(17-4-1)52-27-14-18-45-19-15-28-57(64(45)52)53-24-7-10-29-59(53)65(51-23-13-20-46(40-51)48-34-38-56-55-26-9-12-31-62(55)67-63(56)42-48)50-36-32-43(33-37-50)47-35-39-61-58(41-47)54-25-8-11-30-60(54)66(61)49-21-5-2-6-22-49/h2,5-15,18-42,44H,1,3-4,16-17H2. The summed E-state index contributed by atoms with van der Waals surface area (Å²) in [6, 6.07) is 82.3. The molecule has 0 bridgehead atoms. The van der Waals surface area contributed by atoms with Crippen LogP contribution in [0.2, 0.25) is 0 Å². The van der Waals surface area contributed by atoms with E-state index in [0.717, 1.165) is 50.1 Å². The predicted octanol–water partition coefficient (Wildman–Crippen LogP) is 18.4. The minimum Gasteiger partial charge on any atom is -0.456 e. The molecule has 0 radical (unpaired) electrons. The minimum atomic E-state index is 0.573. The van der Waals surface area contributed by atoms with Crippen molar-refractivity contribution in [1.29, 1.82) is 0 Å². The lowest BCUT2D eigenvalue weighted by Crippen LogP contribution is -2.11. The Hall–Kier alpha value is -8.14. The average molecular weight is 861 g/mol. The second kappa shape index (κ2) is 16.4. The summed E-state index contributed by atoms with van der Waals surface area (Å²) >= 11 is 0. The molecule has 1 aliphatic rings. The Balaban J connectivity index is 0.961. The third kappa shape index (κ3) is 6.81. The second-order valence-electron chi connectivity index (χ2n) is 18.3. The first-order valence-corrected chi connectivity index (χ1v) is 23.9. The smallest absolute Gasteiger partial charge is 0.136 e. The van der Waals surface area contributed by atoms with Crippen molar-refractivity contribution in [3.05, 3.63) is 230 Å². The molecule has 0 saturated heterocycles. The maximum Gasteiger partial charge on any atom is 0.136 e. The number of para-hydroxylation sites is 4. The van der Waals surface area contributed by atoms with Crippen LogP contribution in [-0.2, 0) is 0 Å². The SMILES string of the molecule is c1ccc(-n2c3ccccc3c3cc(-c4ccc(N(c5cccc(-c6ccc7c(c6)oc6ccccc67)c5)c5ccccc5-c5cccc6cccc(C7CCCCC7)c56)cc4)ccc32)cc1. The molecule has 12 aromatic rings. The van der Waals surface area contributed by atoms with Crippen LogP contribution in [0.4, 0.5) is 17.1 Å². The molecule has 1 fully saturated rings. The van der Waals surface area contributed by atoms with Crippen LogP contribution in [0.1, 0.15) is 43.6 Å². The summed E-state index contributed by atoms with van der Waals surface area (Å²) in [6.45, 7) is 0. The monoisotopic (exact) mass is 860 g/mol. The van der Waals surface area contributed by atoms with Crippen LogP contribution in [0.15, 0.2) is 229 Å². The number of benzene rings is 10. The van der Waals surface area contributed by atoms with Gasteiger partial charge in [0, 0.05) is 44.2 Å². The largest absolute Gasteiger partial charge is 0.456 e. The van der Waals surface area contributed by atoms with Crippen LogP contribution in [-0.4, -0.2) is 4.57 Å². The molecule has 3 nitrogen and oxygen atoms in total. The third-order valence-electron chi connectivity index (χ3n) is 14.4. The van der Waals surface area contributed by atoms with Gasteiger partial charge in [-0.15, -0.1) is 0 Å². The van der Waals surface area contributed by atoms with Crippen molar-refractivity contribution >= 4 is 71.6 Å². The van der Waals surface area contributed by atoms with E-state index in [4.69, 9.17) is 4.42 Å². The van der Waals surface area contributed by atoms with Gasteiger partial charge in [0.1, 0.15) is 11.2 Å². The van der Waals surface area contributed by atoms with Crippen LogP contribution < -0.4 is 4.90 Å². The Bertz CT molecular complexity index is 3790. The molecule has 0 aliphatic heterocycles. The van der Waals surface area contributed by atoms with E-state index >= 15 is 0 Å². The van der Waals surface area contributed by atoms with Gasteiger partial charge in [0.15, 0.2) is 0 Å². The van der Waals surface area contributed by atoms with Crippen LogP contribution >= 0.6 is 0 Å². The molecule has 0 amide bonds. The second-order valence-corrected chi connectivity index (χ2v) is 18.3. The quantitative estimate of drug-likeness (QED) is 0.152. The first-order chi connectivity index (χ1) is 33.2. The highest BCUT2D eigenvalue weighted by Gasteiger charge is 2.23. The lowest BCUT2D eigenvalue weighted by Gasteiger charge is -2.29. The van der Waals surface area contributed by atoms with E-state index in [0.29, 0.717) is 5.92 Å². The van der Waals surface area contributed by atoms with Crippen LogP contribution in [0, 0.1) is 0 Å². The number of nitrogens with zero attached hydrogens (tertiary/aromatic N) is 2. The molecule has 13 rings (SSSR count). The van der Waals surface area contributed by atoms with Crippen LogP contribution in [0.5, 0.6) is 0 Å². The van der Waals surface area contributed by atoms with Gasteiger partial charge in [-0.1, -0.05) is 165 Å². The van der Waals surface area contributed by atoms with Gasteiger partial charge < -0.3 is 13.9 Å². The van der Waals surface area contributed by atoms with Gasteiger partial charge in [-0.25, -0.2) is 0 Å². The predicted molar refractivity (Wildman–Crippen MR) is 282 cm³/mol. The zero-order valence-electron chi connectivity index (χ0n) is 37.3. The van der Waals surface area contributed by atoms with Gasteiger partial charge in [0.2, 0.25) is 0 Å². The van der Waals surface area contributed by atoms with E-state index < -0.39 is 0 Å². The van der Waals surface area contributed by atoms with Crippen molar-refractivity contribution in [1.82, 2.24) is 4.57 Å². The maximum absolute atomic E-state index is 6.39. The first kappa shape index (κ1) is 39.2. The maximum atomic E-state index is 6.39. The molecule has 0 atom stereocenters. The van der Waals surface area contributed by atoms with E-state index in [1.807, 2.05) is 12.1 Å². The van der Waals surface area contributed by atoms with Crippen LogP contribution in [0.3, 0.4) is 0 Å². The van der Waals surface area contributed by atoms with Gasteiger partial charge in [-0.2, -0.15) is 0 Å². The lowest BCUT2D eigenvalue weighted by molar-refractivity contribution is 0.445. The molecule has 10 aromatic carbocycles. The summed E-state index contributed by atoms with van der Waals surface area (Å²) in [7, 11) is 0. The van der Waals surface area contributed by atoms with Crippen molar-refractivity contribution < 1.29 is 4.42 Å². The van der Waals surface area contributed by atoms with E-state index in [1.165, 1.54) is 98.2 Å². The van der Waals surface area contributed by atoms with Crippen molar-refractivity contribution in [3.8, 4) is 39.1 Å². The number of rotatable bonds is 8. The molecular formula is C64H48N2O. The molecule has 3 heteroatoms. The molecule has 1 saturated carbocycles. The Morgan fingerprint density at radius 3 is 1.94 bits per heavy atom. The zero-order valence-corrected chi connectivity index (χ0v) is 37.3. The summed E-state index contributed by atoms with van der Waals surface area (Å²) in [5.74, 6) is 0.573. The highest BCUT2D eigenvalue weighted by atomic mass is 16.3. The molecule has 1 aliphatic carbocycles. The summed E-state index contributed by atoms with van der Waals surface area (Å²) in [5, 5.41) is 7.46. The van der Waals surface area contributed by atoms with E-state index in [-0.39, 0.29) is 0 Å². The molecule has 67 heavy (non-hydrogen) atoms. The van der Waals surface area contributed by atoms with Gasteiger partial charge in [0.05, 0.1) is 16.7 Å². The topological polar surface area (TPSA) is 21.3 Å². The van der Waals surface area contributed by atoms with Crippen molar-refractivity contribution in [2.45, 2.75) is 38.0 Å². The summed E-state index contributed by atoms with van der Waals surface area (Å²) < 4.78 is 8.77. The summed E-state index contributed by atoms with van der Waals surface area (Å²) in [4.78, 5) is 2.46. The van der Waals surface area contributed by atoms with E-state index in [2.05, 4.69) is 222 Å². The van der Waals surface area contributed by atoms with E-state index in [1.54, 1.807) is 0 Å². The number of hydrogen-bond acceptors (Lipinski definition) is 2. The molecule has 320 valence electrons. The van der Waals surface area contributed by atoms with E-state index in [9.17, 15) is 0 Å². The number of anilines is 3. The first-order valence-electron chi connectivity index (χ1n) is 23.9. The number of fused-ring (bicyclic) bond motifs is 7. The number of aromatic nitrogens is 1. The number of furan rings is 1. The highest BCUT2D eigenvalue weighted by Crippen LogP contribution is 2.47. The van der Waals surface area contributed by atoms with Gasteiger partial charge in [0.25, 0.3) is 0 Å². The fraction of sp³-hybridized carbons (Fsp3) is 0.0938. The van der Waals surface area contributed by atoms with Crippen molar-refractivity contribution in [3.63, 3.8) is 0 Å². The fourth-order valence-corrected chi connectivity index (χ4v) is 11.2. The highest BCUT2D eigenvalue weighted by molar-refractivity contribution is 6.11. The Morgan fingerprint density at radius 2 is 1.06 bits per heavy atom. The molecular weight excluding hydrogens is 813 g/mol. The van der Waals surface area contributed by atoms with Crippen molar-refractivity contribution in [2.24, 2.45) is 0 Å².